The molecule has 1 saturated heterocycles. The number of ether oxygens (including phenoxy) is 2. The van der Waals surface area contributed by atoms with Crippen LogP contribution < -0.4 is 5.32 Å². The fourth-order valence-electron chi connectivity index (χ4n) is 9.93. The van der Waals surface area contributed by atoms with Gasteiger partial charge in [-0.3, -0.25) is 4.79 Å². The Bertz CT molecular complexity index is 1500. The number of nitrogens with zero attached hydrogens (tertiary/aromatic N) is 3. The molecular weight excluding hydrogens is 881 g/mol. The quantitative estimate of drug-likeness (QED) is 0.0350. The van der Waals surface area contributed by atoms with Crippen molar-refractivity contribution in [3.63, 3.8) is 0 Å². The zero-order valence-electron chi connectivity index (χ0n) is 44.5. The monoisotopic (exact) mass is 985 g/mol. The summed E-state index contributed by atoms with van der Waals surface area (Å²) in [6, 6.07) is 8.54. The third-order valence-electron chi connectivity index (χ3n) is 14.6. The Morgan fingerprint density at radius 1 is 0.600 bits per heavy atom. The molecule has 1 amide bonds. The number of amides is 1. The van der Waals surface area contributed by atoms with Crippen LogP contribution >= 0.6 is 0 Å². The van der Waals surface area contributed by atoms with E-state index in [9.17, 15) is 30.3 Å². The maximum atomic E-state index is 13.3. The molecule has 70 heavy (non-hydrogen) atoms. The molecule has 6 N–H and O–H groups in total. The summed E-state index contributed by atoms with van der Waals surface area (Å²) in [5, 5.41) is 66.5. The first-order chi connectivity index (χ1) is 34.2. The summed E-state index contributed by atoms with van der Waals surface area (Å²) >= 11 is 0. The first-order valence-electron chi connectivity index (χ1n) is 29.2. The van der Waals surface area contributed by atoms with Gasteiger partial charge in [-0.05, 0) is 12.8 Å². The topological polar surface area (TPSA) is 179 Å². The van der Waals surface area contributed by atoms with Crippen LogP contribution in [0.4, 0.5) is 0 Å². The number of aliphatic hydroxyl groups excluding tert-OH is 5. The maximum absolute atomic E-state index is 13.3. The van der Waals surface area contributed by atoms with Gasteiger partial charge in [0.15, 0.2) is 6.29 Å². The summed E-state index contributed by atoms with van der Waals surface area (Å²) in [6.07, 6.45) is 37.3. The second kappa shape index (κ2) is 41.0. The van der Waals surface area contributed by atoms with Crippen molar-refractivity contribution in [1.82, 2.24) is 20.3 Å². The van der Waals surface area contributed by atoms with Crippen LogP contribution in [0.15, 0.2) is 36.5 Å². The van der Waals surface area contributed by atoms with Gasteiger partial charge in [-0.1, -0.05) is 268 Å². The number of hydrogen-bond acceptors (Lipinski definition) is 10. The van der Waals surface area contributed by atoms with Crippen LogP contribution in [0.5, 0.6) is 0 Å². The van der Waals surface area contributed by atoms with E-state index in [0.29, 0.717) is 12.1 Å². The van der Waals surface area contributed by atoms with E-state index in [4.69, 9.17) is 9.47 Å². The lowest BCUT2D eigenvalue weighted by Gasteiger charge is -2.40. The molecule has 3 rings (SSSR count). The Kier molecular flexibility index (Phi) is 36.2. The molecule has 404 valence electrons. The smallest absolute Gasteiger partial charge is 0.220 e. The number of carbonyl (C=O) groups is 1. The molecule has 1 fully saturated rings. The van der Waals surface area contributed by atoms with Gasteiger partial charge < -0.3 is 40.3 Å². The van der Waals surface area contributed by atoms with E-state index in [1.807, 2.05) is 30.3 Å². The van der Waals surface area contributed by atoms with Crippen molar-refractivity contribution in [3.8, 4) is 11.3 Å². The Labute approximate surface area is 425 Å². The molecule has 0 unspecified atom stereocenters. The van der Waals surface area contributed by atoms with Crippen LogP contribution in [0.1, 0.15) is 251 Å². The molecule has 12 heteroatoms. The number of hydrogen-bond donors (Lipinski definition) is 6. The minimum Gasteiger partial charge on any atom is -0.390 e. The summed E-state index contributed by atoms with van der Waals surface area (Å²) < 4.78 is 13.5. The summed E-state index contributed by atoms with van der Waals surface area (Å²) in [5.74, 6) is -0.243. The normalized spacial score (nSPS) is 19.6. The molecule has 12 nitrogen and oxygen atoms in total. The third-order valence-corrected chi connectivity index (χ3v) is 14.6. The summed E-state index contributed by atoms with van der Waals surface area (Å²) in [4.78, 5) is 13.3. The van der Waals surface area contributed by atoms with Crippen LogP contribution in [0, 0.1) is 0 Å². The molecule has 0 saturated carbocycles. The zero-order chi connectivity index (χ0) is 50.3. The van der Waals surface area contributed by atoms with Crippen molar-refractivity contribution in [2.24, 2.45) is 0 Å². The number of aromatic nitrogens is 3. The Balaban J connectivity index is 1.35. The highest BCUT2D eigenvalue weighted by Gasteiger charge is 2.45. The predicted molar refractivity (Wildman–Crippen MR) is 284 cm³/mol. The Morgan fingerprint density at radius 2 is 1.03 bits per heavy atom. The van der Waals surface area contributed by atoms with Crippen LogP contribution in [-0.2, 0) is 20.8 Å². The highest BCUT2D eigenvalue weighted by molar-refractivity contribution is 5.76. The summed E-state index contributed by atoms with van der Waals surface area (Å²) in [5.41, 5.74) is 1.50. The van der Waals surface area contributed by atoms with Crippen molar-refractivity contribution in [2.75, 3.05) is 6.61 Å². The number of benzene rings is 1. The SMILES string of the molecule is CCCCCCCCCCCCCCCCCCCCCCCCCC(=O)N[C@@H](CO[C@H]1O[C@H](Cn2cc(-c3ccccc3)nn2)[C@H](O)[C@H](O)[C@H]1O)[C@H](O)[C@H](O)CCCCCCCCCCCCCC. The molecular formula is C58H104N4O8. The van der Waals surface area contributed by atoms with Crippen molar-refractivity contribution < 1.29 is 39.8 Å². The van der Waals surface area contributed by atoms with Crippen LogP contribution in [0.25, 0.3) is 11.3 Å². The molecule has 2 aromatic rings. The van der Waals surface area contributed by atoms with Crippen LogP contribution in [0.2, 0.25) is 0 Å². The molecule has 0 aliphatic carbocycles. The Hall–Kier alpha value is -2.45. The van der Waals surface area contributed by atoms with Gasteiger partial charge in [0.25, 0.3) is 0 Å². The maximum Gasteiger partial charge on any atom is 0.220 e. The van der Waals surface area contributed by atoms with Gasteiger partial charge in [0.1, 0.15) is 36.2 Å². The number of aliphatic hydroxyl groups is 5. The van der Waals surface area contributed by atoms with Crippen molar-refractivity contribution in [1.29, 1.82) is 0 Å². The highest BCUT2D eigenvalue weighted by atomic mass is 16.7. The first kappa shape index (κ1) is 61.8. The van der Waals surface area contributed by atoms with E-state index >= 15 is 0 Å². The van der Waals surface area contributed by atoms with E-state index in [2.05, 4.69) is 29.5 Å². The molecule has 0 bridgehead atoms. The third kappa shape index (κ3) is 28.1. The fourth-order valence-corrected chi connectivity index (χ4v) is 9.93. The predicted octanol–water partition coefficient (Wildman–Crippen LogP) is 12.4. The van der Waals surface area contributed by atoms with E-state index in [0.717, 1.165) is 56.9 Å². The summed E-state index contributed by atoms with van der Waals surface area (Å²) in [7, 11) is 0. The average molecular weight is 985 g/mol. The fraction of sp³-hybridized carbons (Fsp3) is 0.845. The highest BCUT2D eigenvalue weighted by Crippen LogP contribution is 2.25. The largest absolute Gasteiger partial charge is 0.390 e. The van der Waals surface area contributed by atoms with Gasteiger partial charge >= 0.3 is 0 Å². The van der Waals surface area contributed by atoms with E-state index in [1.165, 1.54) is 178 Å². The number of nitrogens with one attached hydrogen (secondary N) is 1. The number of unbranched alkanes of at least 4 members (excludes halogenated alkanes) is 33. The van der Waals surface area contributed by atoms with Gasteiger partial charge in [0.2, 0.25) is 5.91 Å². The van der Waals surface area contributed by atoms with Crippen molar-refractivity contribution in [3.05, 3.63) is 36.5 Å². The summed E-state index contributed by atoms with van der Waals surface area (Å²) in [6.45, 7) is 4.26. The number of rotatable bonds is 46. The standard InChI is InChI=1S/C58H104N4O8/c1-3-5-7-9-11-13-15-17-18-19-20-21-22-23-24-25-26-27-29-31-33-35-40-44-53(64)59-50(54(65)51(63)43-39-34-32-30-28-16-14-12-10-8-6-4-2)47-69-58-57(68)56(67)55(66)52(70-58)46-62-45-49(60-61-62)48-41-37-36-38-42-48/h36-38,41-42,45,50-52,54-58,63,65-68H,3-35,39-40,43-44,46-47H2,1-2H3,(H,59,64)/t50-,51+,52+,54-,55-,56-,57+,58-/m0/s1. The molecule has 0 spiro atoms. The van der Waals surface area contributed by atoms with Gasteiger partial charge in [-0.25, -0.2) is 4.68 Å². The van der Waals surface area contributed by atoms with Gasteiger partial charge in [0.05, 0.1) is 31.5 Å². The molecule has 1 aliphatic heterocycles. The minimum atomic E-state index is -1.60. The second-order valence-corrected chi connectivity index (χ2v) is 21.0. The molecule has 2 heterocycles. The van der Waals surface area contributed by atoms with E-state index in [-0.39, 0.29) is 25.5 Å². The Morgan fingerprint density at radius 3 is 1.49 bits per heavy atom. The van der Waals surface area contributed by atoms with Crippen molar-refractivity contribution >= 4 is 5.91 Å². The lowest BCUT2D eigenvalue weighted by Crippen LogP contribution is -2.60. The van der Waals surface area contributed by atoms with Gasteiger partial charge in [-0.2, -0.15) is 0 Å². The minimum absolute atomic E-state index is 0.0186. The first-order valence-corrected chi connectivity index (χ1v) is 29.2. The molecule has 0 radical (unpaired) electrons. The van der Waals surface area contributed by atoms with Crippen LogP contribution in [0.3, 0.4) is 0 Å². The van der Waals surface area contributed by atoms with Crippen LogP contribution in [-0.4, -0.2) is 102 Å². The average Bonchev–Trinajstić information content (AvgIpc) is 3.84. The lowest BCUT2D eigenvalue weighted by molar-refractivity contribution is -0.301. The van der Waals surface area contributed by atoms with Gasteiger partial charge in [-0.15, -0.1) is 5.10 Å². The molecule has 1 aromatic carbocycles. The number of carbonyl (C=O) groups excluding carboxylic acids is 1. The lowest BCUT2D eigenvalue weighted by atomic mass is 9.98. The van der Waals surface area contributed by atoms with Crippen molar-refractivity contribution in [2.45, 2.75) is 307 Å². The second-order valence-electron chi connectivity index (χ2n) is 21.0. The van der Waals surface area contributed by atoms with E-state index in [1.54, 1.807) is 6.20 Å². The van der Waals surface area contributed by atoms with E-state index < -0.39 is 49.0 Å². The zero-order valence-corrected chi connectivity index (χ0v) is 44.5. The molecule has 1 aliphatic rings. The van der Waals surface area contributed by atoms with Gasteiger partial charge in [0, 0.05) is 12.0 Å². The molecule has 1 aromatic heterocycles. The molecule has 8 atom stereocenters.